The number of aromatic nitrogens is 1. The molecule has 0 amide bonds. The van der Waals surface area contributed by atoms with Gasteiger partial charge in [0, 0.05) is 24.5 Å². The molecule has 1 N–H and O–H groups in total. The lowest BCUT2D eigenvalue weighted by atomic mass is 10.2. The number of nitrogens with one attached hydrogen (secondary N) is 1. The third kappa shape index (κ3) is 2.32. The molecule has 0 aliphatic rings. The molecule has 4 heteroatoms. The minimum Gasteiger partial charge on any atom is -0.491 e. The number of rotatable bonds is 3. The van der Waals surface area contributed by atoms with Crippen molar-refractivity contribution in [3.63, 3.8) is 0 Å². The topological polar surface area (TPSA) is 45.3 Å². The van der Waals surface area contributed by atoms with Crippen molar-refractivity contribution in [3.05, 3.63) is 28.2 Å². The van der Waals surface area contributed by atoms with Gasteiger partial charge in [-0.05, 0) is 14.1 Å². The second-order valence-corrected chi connectivity index (χ2v) is 3.12. The van der Waals surface area contributed by atoms with Crippen LogP contribution in [0.15, 0.2) is 17.2 Å². The average Bonchev–Trinajstić information content (AvgIpc) is 2.08. The summed E-state index contributed by atoms with van der Waals surface area (Å²) in [6, 6.07) is 0. The number of hydrogen-bond acceptors (Lipinski definition) is 3. The van der Waals surface area contributed by atoms with Crippen molar-refractivity contribution < 1.29 is 4.74 Å². The molecule has 0 unspecified atom stereocenters. The maximum absolute atomic E-state index is 11.6. The Labute approximate surface area is 77.1 Å². The molecule has 13 heavy (non-hydrogen) atoms. The van der Waals surface area contributed by atoms with Crippen LogP contribution >= 0.6 is 0 Å². The Morgan fingerprint density at radius 3 is 2.69 bits per heavy atom. The smallest absolute Gasteiger partial charge is 0.227 e. The number of methoxy groups -OCH3 is 1. The molecule has 0 aliphatic heterocycles. The fourth-order valence-electron chi connectivity index (χ4n) is 1.12. The van der Waals surface area contributed by atoms with Crippen LogP contribution in [0.4, 0.5) is 0 Å². The van der Waals surface area contributed by atoms with Crippen molar-refractivity contribution in [2.45, 2.75) is 6.54 Å². The number of pyridine rings is 1. The van der Waals surface area contributed by atoms with Gasteiger partial charge in [0.2, 0.25) is 5.43 Å². The van der Waals surface area contributed by atoms with Gasteiger partial charge in [0.15, 0.2) is 5.75 Å². The van der Waals surface area contributed by atoms with E-state index in [2.05, 4.69) is 4.98 Å². The lowest BCUT2D eigenvalue weighted by Crippen LogP contribution is -2.19. The van der Waals surface area contributed by atoms with E-state index >= 15 is 0 Å². The first-order valence-corrected chi connectivity index (χ1v) is 4.04. The fraction of sp³-hybridized carbons (Fsp3) is 0.444. The Bertz CT molecular complexity index is 331. The van der Waals surface area contributed by atoms with Gasteiger partial charge in [0.1, 0.15) is 0 Å². The normalized spacial score (nSPS) is 10.5. The third-order valence-electron chi connectivity index (χ3n) is 1.69. The van der Waals surface area contributed by atoms with E-state index in [-0.39, 0.29) is 5.43 Å². The molecule has 4 nitrogen and oxygen atoms in total. The molecule has 0 fully saturated rings. The molecule has 1 heterocycles. The summed E-state index contributed by atoms with van der Waals surface area (Å²) in [4.78, 5) is 16.4. The maximum atomic E-state index is 11.6. The summed E-state index contributed by atoms with van der Waals surface area (Å²) in [6.45, 7) is 0.618. The zero-order valence-electron chi connectivity index (χ0n) is 8.13. The molecule has 0 radical (unpaired) electrons. The van der Waals surface area contributed by atoms with Crippen LogP contribution in [0.25, 0.3) is 0 Å². The molecule has 0 spiro atoms. The summed E-state index contributed by atoms with van der Waals surface area (Å²) in [5.74, 6) is 0.361. The van der Waals surface area contributed by atoms with E-state index in [0.29, 0.717) is 17.9 Å². The average molecular weight is 182 g/mol. The summed E-state index contributed by atoms with van der Waals surface area (Å²) < 4.78 is 4.90. The minimum absolute atomic E-state index is 0.0463. The monoisotopic (exact) mass is 182 g/mol. The second kappa shape index (κ2) is 4.09. The number of hydrogen-bond donors (Lipinski definition) is 1. The van der Waals surface area contributed by atoms with Crippen molar-refractivity contribution in [2.75, 3.05) is 21.2 Å². The molecule has 0 bridgehead atoms. The zero-order valence-corrected chi connectivity index (χ0v) is 8.13. The van der Waals surface area contributed by atoms with Crippen LogP contribution in [0.1, 0.15) is 5.56 Å². The van der Waals surface area contributed by atoms with E-state index in [1.54, 1.807) is 12.4 Å². The third-order valence-corrected chi connectivity index (χ3v) is 1.69. The standard InChI is InChI=1S/C9H14N2O2/c1-11(2)6-7-4-10-5-8(13-3)9(7)12/h4-5H,6H2,1-3H3,(H,10,12). The molecule has 0 aliphatic carbocycles. The first-order valence-electron chi connectivity index (χ1n) is 4.04. The van der Waals surface area contributed by atoms with E-state index < -0.39 is 0 Å². The maximum Gasteiger partial charge on any atom is 0.227 e. The number of aromatic amines is 1. The van der Waals surface area contributed by atoms with Crippen LogP contribution in [0.2, 0.25) is 0 Å². The molecule has 72 valence electrons. The minimum atomic E-state index is -0.0463. The number of H-pyrrole nitrogens is 1. The SMILES string of the molecule is COc1c[nH]cc(CN(C)C)c1=O. The van der Waals surface area contributed by atoms with Gasteiger partial charge >= 0.3 is 0 Å². The lowest BCUT2D eigenvalue weighted by Gasteiger charge is -2.09. The van der Waals surface area contributed by atoms with Crippen molar-refractivity contribution in [1.29, 1.82) is 0 Å². The van der Waals surface area contributed by atoms with Crippen LogP contribution in [-0.4, -0.2) is 31.1 Å². The van der Waals surface area contributed by atoms with Gasteiger partial charge in [-0.1, -0.05) is 0 Å². The van der Waals surface area contributed by atoms with Crippen LogP contribution in [-0.2, 0) is 6.54 Å². The van der Waals surface area contributed by atoms with Crippen molar-refractivity contribution in [1.82, 2.24) is 9.88 Å². The Hall–Kier alpha value is -1.29. The Morgan fingerprint density at radius 2 is 2.15 bits per heavy atom. The number of nitrogens with zero attached hydrogens (tertiary/aromatic N) is 1. The summed E-state index contributed by atoms with van der Waals surface area (Å²) >= 11 is 0. The first kappa shape index (κ1) is 9.80. The fourth-order valence-corrected chi connectivity index (χ4v) is 1.12. The summed E-state index contributed by atoms with van der Waals surface area (Å²) in [7, 11) is 5.32. The van der Waals surface area contributed by atoms with Gasteiger partial charge in [-0.15, -0.1) is 0 Å². The van der Waals surface area contributed by atoms with Crippen molar-refractivity contribution in [2.24, 2.45) is 0 Å². The van der Waals surface area contributed by atoms with E-state index in [1.165, 1.54) is 7.11 Å². The predicted molar refractivity (Wildman–Crippen MR) is 51.0 cm³/mol. The molecule has 0 saturated carbocycles. The van der Waals surface area contributed by atoms with E-state index in [4.69, 9.17) is 4.74 Å². The van der Waals surface area contributed by atoms with Crippen molar-refractivity contribution >= 4 is 0 Å². The quantitative estimate of drug-likeness (QED) is 0.738. The Kier molecular flexibility index (Phi) is 3.08. The first-order chi connectivity index (χ1) is 6.15. The molecular formula is C9H14N2O2. The lowest BCUT2D eigenvalue weighted by molar-refractivity contribution is 0.389. The highest BCUT2D eigenvalue weighted by Gasteiger charge is 2.05. The Morgan fingerprint density at radius 1 is 1.46 bits per heavy atom. The van der Waals surface area contributed by atoms with Gasteiger partial charge < -0.3 is 14.6 Å². The largest absolute Gasteiger partial charge is 0.491 e. The van der Waals surface area contributed by atoms with E-state index in [0.717, 1.165) is 0 Å². The van der Waals surface area contributed by atoms with Crippen molar-refractivity contribution in [3.8, 4) is 5.75 Å². The van der Waals surface area contributed by atoms with Gasteiger partial charge in [0.25, 0.3) is 0 Å². The summed E-state index contributed by atoms with van der Waals surface area (Å²) in [5, 5.41) is 0. The molecule has 1 aromatic heterocycles. The molecule has 0 atom stereocenters. The predicted octanol–water partition coefficient (Wildman–Crippen LogP) is 0.445. The molecular weight excluding hydrogens is 168 g/mol. The van der Waals surface area contributed by atoms with E-state index in [9.17, 15) is 4.79 Å². The number of ether oxygens (including phenoxy) is 1. The van der Waals surface area contributed by atoms with Gasteiger partial charge in [-0.2, -0.15) is 0 Å². The molecule has 1 rings (SSSR count). The van der Waals surface area contributed by atoms with Crippen LogP contribution in [0.5, 0.6) is 5.75 Å². The van der Waals surface area contributed by atoms with Crippen LogP contribution < -0.4 is 10.2 Å². The van der Waals surface area contributed by atoms with E-state index in [1.807, 2.05) is 19.0 Å². The highest BCUT2D eigenvalue weighted by molar-refractivity contribution is 5.23. The molecule has 1 aromatic rings. The highest BCUT2D eigenvalue weighted by atomic mass is 16.5. The van der Waals surface area contributed by atoms with Crippen LogP contribution in [0.3, 0.4) is 0 Å². The second-order valence-electron chi connectivity index (χ2n) is 3.12. The summed E-state index contributed by atoms with van der Waals surface area (Å²) in [6.07, 6.45) is 3.26. The highest BCUT2D eigenvalue weighted by Crippen LogP contribution is 2.02. The van der Waals surface area contributed by atoms with Gasteiger partial charge in [0.05, 0.1) is 7.11 Å². The zero-order chi connectivity index (χ0) is 9.84. The van der Waals surface area contributed by atoms with Crippen LogP contribution in [0, 0.1) is 0 Å². The van der Waals surface area contributed by atoms with Gasteiger partial charge in [-0.3, -0.25) is 4.79 Å². The molecule has 0 aromatic carbocycles. The summed E-state index contributed by atoms with van der Waals surface area (Å²) in [5.41, 5.74) is 0.666. The van der Waals surface area contributed by atoms with Gasteiger partial charge in [-0.25, -0.2) is 0 Å². The Balaban J connectivity index is 3.02. The molecule has 0 saturated heterocycles.